The number of benzene rings is 1. The fraction of sp³-hybridized carbons (Fsp3) is 0.316. The van der Waals surface area contributed by atoms with E-state index in [1.807, 2.05) is 31.2 Å². The zero-order valence-corrected chi connectivity index (χ0v) is 14.7. The van der Waals surface area contributed by atoms with E-state index in [0.717, 1.165) is 22.5 Å². The first-order chi connectivity index (χ1) is 12.0. The molecule has 25 heavy (non-hydrogen) atoms. The fourth-order valence-electron chi connectivity index (χ4n) is 2.72. The molecule has 0 bridgehead atoms. The van der Waals surface area contributed by atoms with E-state index in [1.165, 1.54) is 5.56 Å². The number of carbonyl (C=O) groups excluding carboxylic acids is 1. The Kier molecular flexibility index (Phi) is 4.97. The largest absolute Gasteiger partial charge is 0.375 e. The normalized spacial score (nSPS) is 12.3. The Labute approximate surface area is 147 Å². The number of imidazole rings is 1. The molecule has 0 aliphatic rings. The third-order valence-electron chi connectivity index (χ3n) is 4.05. The maximum atomic E-state index is 12.3. The van der Waals surface area contributed by atoms with E-state index in [-0.39, 0.29) is 24.4 Å². The lowest BCUT2D eigenvalue weighted by Crippen LogP contribution is -2.36. The molecule has 0 aliphatic carbocycles. The highest BCUT2D eigenvalue weighted by atomic mass is 16.2. The van der Waals surface area contributed by atoms with Gasteiger partial charge in [-0.25, -0.2) is 4.98 Å². The van der Waals surface area contributed by atoms with Gasteiger partial charge in [0.05, 0.1) is 29.3 Å². The summed E-state index contributed by atoms with van der Waals surface area (Å²) in [6, 6.07) is 9.63. The van der Waals surface area contributed by atoms with Gasteiger partial charge < -0.3 is 15.6 Å². The van der Waals surface area contributed by atoms with Crippen LogP contribution in [0, 0.1) is 12.8 Å². The van der Waals surface area contributed by atoms with Crippen LogP contribution in [-0.2, 0) is 4.79 Å². The minimum absolute atomic E-state index is 0.0841. The van der Waals surface area contributed by atoms with E-state index in [1.54, 1.807) is 12.4 Å². The highest BCUT2D eigenvalue weighted by Gasteiger charge is 2.21. The van der Waals surface area contributed by atoms with E-state index in [2.05, 4.69) is 45.5 Å². The quantitative estimate of drug-likeness (QED) is 0.645. The number of aryl methyl sites for hydroxylation is 1. The van der Waals surface area contributed by atoms with Crippen LogP contribution < -0.4 is 10.6 Å². The Bertz CT molecular complexity index is 857. The van der Waals surface area contributed by atoms with E-state index in [9.17, 15) is 4.79 Å². The van der Waals surface area contributed by atoms with Crippen LogP contribution in [0.3, 0.4) is 0 Å². The molecule has 0 fully saturated rings. The van der Waals surface area contributed by atoms with Crippen LogP contribution in [0.4, 0.5) is 5.69 Å². The second-order valence-corrected chi connectivity index (χ2v) is 6.53. The molecule has 0 aliphatic heterocycles. The van der Waals surface area contributed by atoms with Crippen LogP contribution in [0.1, 0.15) is 31.3 Å². The average molecular weight is 337 g/mol. The van der Waals surface area contributed by atoms with Gasteiger partial charge in [-0.05, 0) is 42.7 Å². The van der Waals surface area contributed by atoms with Crippen molar-refractivity contribution >= 4 is 22.6 Å². The number of pyridine rings is 1. The number of aromatic amines is 1. The molecule has 6 nitrogen and oxygen atoms in total. The number of fused-ring (bicyclic) bond motifs is 1. The SMILES string of the molecule is Cc1ccc2nc(C(NC(=O)CNc3cccnc3)C(C)C)[nH]c2c1. The van der Waals surface area contributed by atoms with Gasteiger partial charge >= 0.3 is 0 Å². The number of aromatic nitrogens is 3. The number of H-pyrrole nitrogens is 1. The molecule has 3 rings (SSSR count). The molecule has 0 spiro atoms. The molecule has 130 valence electrons. The van der Waals surface area contributed by atoms with Gasteiger partial charge in [0.25, 0.3) is 0 Å². The number of hydrogen-bond donors (Lipinski definition) is 3. The van der Waals surface area contributed by atoms with Crippen molar-refractivity contribution in [3.63, 3.8) is 0 Å². The first kappa shape index (κ1) is 17.0. The number of anilines is 1. The molecule has 1 atom stereocenters. The summed E-state index contributed by atoms with van der Waals surface area (Å²) in [6.45, 7) is 6.37. The number of hydrogen-bond acceptors (Lipinski definition) is 4. The molecule has 2 heterocycles. The van der Waals surface area contributed by atoms with Crippen molar-refractivity contribution in [3.05, 3.63) is 54.1 Å². The van der Waals surface area contributed by atoms with Gasteiger partial charge in [-0.3, -0.25) is 9.78 Å². The van der Waals surface area contributed by atoms with Gasteiger partial charge in [-0.2, -0.15) is 0 Å². The van der Waals surface area contributed by atoms with E-state index in [4.69, 9.17) is 0 Å². The van der Waals surface area contributed by atoms with Crippen molar-refractivity contribution in [1.82, 2.24) is 20.3 Å². The van der Waals surface area contributed by atoms with Crippen molar-refractivity contribution in [1.29, 1.82) is 0 Å². The summed E-state index contributed by atoms with van der Waals surface area (Å²) in [7, 11) is 0. The van der Waals surface area contributed by atoms with Crippen molar-refractivity contribution in [2.45, 2.75) is 26.8 Å². The number of rotatable bonds is 6. The van der Waals surface area contributed by atoms with Crippen LogP contribution in [0.2, 0.25) is 0 Å². The number of nitrogens with zero attached hydrogens (tertiary/aromatic N) is 2. The smallest absolute Gasteiger partial charge is 0.239 e. The van der Waals surface area contributed by atoms with Crippen LogP contribution in [0.15, 0.2) is 42.7 Å². The molecule has 0 saturated carbocycles. The van der Waals surface area contributed by atoms with Crippen LogP contribution >= 0.6 is 0 Å². The zero-order valence-electron chi connectivity index (χ0n) is 14.7. The Morgan fingerprint density at radius 2 is 2.12 bits per heavy atom. The zero-order chi connectivity index (χ0) is 17.8. The lowest BCUT2D eigenvalue weighted by Gasteiger charge is -2.20. The predicted molar refractivity (Wildman–Crippen MR) is 99.3 cm³/mol. The van der Waals surface area contributed by atoms with Gasteiger partial charge in [0.1, 0.15) is 5.82 Å². The van der Waals surface area contributed by atoms with Gasteiger partial charge in [0.15, 0.2) is 0 Å². The fourth-order valence-corrected chi connectivity index (χ4v) is 2.72. The van der Waals surface area contributed by atoms with Gasteiger partial charge in [0, 0.05) is 12.4 Å². The second kappa shape index (κ2) is 7.34. The lowest BCUT2D eigenvalue weighted by atomic mass is 10.0. The molecule has 0 saturated heterocycles. The van der Waals surface area contributed by atoms with Crippen molar-refractivity contribution < 1.29 is 4.79 Å². The summed E-state index contributed by atoms with van der Waals surface area (Å²) in [5.41, 5.74) is 3.89. The minimum atomic E-state index is -0.170. The Morgan fingerprint density at radius 1 is 1.28 bits per heavy atom. The second-order valence-electron chi connectivity index (χ2n) is 6.53. The Hall–Kier alpha value is -2.89. The third kappa shape index (κ3) is 4.15. The molecular formula is C19H23N5O. The van der Waals surface area contributed by atoms with E-state index in [0.29, 0.717) is 0 Å². The summed E-state index contributed by atoms with van der Waals surface area (Å²) in [4.78, 5) is 24.3. The predicted octanol–water partition coefficient (Wildman–Crippen LogP) is 3.19. The highest BCUT2D eigenvalue weighted by Crippen LogP contribution is 2.22. The monoisotopic (exact) mass is 337 g/mol. The Balaban J connectivity index is 1.70. The number of carbonyl (C=O) groups is 1. The average Bonchev–Trinajstić information content (AvgIpc) is 3.01. The van der Waals surface area contributed by atoms with E-state index >= 15 is 0 Å². The van der Waals surface area contributed by atoms with Crippen molar-refractivity contribution in [3.8, 4) is 0 Å². The topological polar surface area (TPSA) is 82.7 Å². The molecule has 0 radical (unpaired) electrons. The van der Waals surface area contributed by atoms with Gasteiger partial charge in [-0.15, -0.1) is 0 Å². The minimum Gasteiger partial charge on any atom is -0.375 e. The summed E-state index contributed by atoms with van der Waals surface area (Å²) >= 11 is 0. The van der Waals surface area contributed by atoms with E-state index < -0.39 is 0 Å². The first-order valence-corrected chi connectivity index (χ1v) is 8.42. The van der Waals surface area contributed by atoms with Crippen molar-refractivity contribution in [2.24, 2.45) is 5.92 Å². The summed E-state index contributed by atoms with van der Waals surface area (Å²) in [6.07, 6.45) is 3.39. The summed E-state index contributed by atoms with van der Waals surface area (Å²) < 4.78 is 0. The molecule has 2 aromatic heterocycles. The van der Waals surface area contributed by atoms with Gasteiger partial charge in [-0.1, -0.05) is 19.9 Å². The standard InChI is InChI=1S/C19H23N5O/c1-12(2)18(19-22-15-7-6-13(3)9-16(15)23-19)24-17(25)11-21-14-5-4-8-20-10-14/h4-10,12,18,21H,11H2,1-3H3,(H,22,23)(H,24,25). The molecule has 6 heteroatoms. The van der Waals surface area contributed by atoms with Gasteiger partial charge in [0.2, 0.25) is 5.91 Å². The van der Waals surface area contributed by atoms with Crippen LogP contribution in [-0.4, -0.2) is 27.4 Å². The molecule has 3 N–H and O–H groups in total. The van der Waals surface area contributed by atoms with Crippen molar-refractivity contribution in [2.75, 3.05) is 11.9 Å². The molecule has 1 aromatic carbocycles. The molecule has 1 unspecified atom stereocenters. The Morgan fingerprint density at radius 3 is 2.84 bits per heavy atom. The number of amides is 1. The third-order valence-corrected chi connectivity index (χ3v) is 4.05. The summed E-state index contributed by atoms with van der Waals surface area (Å²) in [5, 5.41) is 6.13. The number of nitrogens with one attached hydrogen (secondary N) is 3. The maximum absolute atomic E-state index is 12.3. The van der Waals surface area contributed by atoms with Crippen LogP contribution in [0.25, 0.3) is 11.0 Å². The highest BCUT2D eigenvalue weighted by molar-refractivity contribution is 5.81. The summed E-state index contributed by atoms with van der Waals surface area (Å²) in [5.74, 6) is 0.911. The molecule has 1 amide bonds. The molecular weight excluding hydrogens is 314 g/mol. The first-order valence-electron chi connectivity index (χ1n) is 8.42. The molecule has 3 aromatic rings. The van der Waals surface area contributed by atoms with Crippen LogP contribution in [0.5, 0.6) is 0 Å². The maximum Gasteiger partial charge on any atom is 0.239 e. The lowest BCUT2D eigenvalue weighted by molar-refractivity contribution is -0.120.